The first-order chi connectivity index (χ1) is 12.8. The first kappa shape index (κ1) is 16.4. The second-order valence-electron chi connectivity index (χ2n) is 7.11. The van der Waals surface area contributed by atoms with E-state index in [9.17, 15) is 0 Å². The van der Waals surface area contributed by atoms with Crippen molar-refractivity contribution in [1.29, 1.82) is 0 Å². The molecular weight excluding hydrogens is 366 g/mol. The van der Waals surface area contributed by atoms with Gasteiger partial charge in [0.1, 0.15) is 5.82 Å². The second-order valence-corrected chi connectivity index (χ2v) is 8.47. The molecule has 3 heterocycles. The molecule has 2 aliphatic rings. The molecule has 2 aromatic heterocycles. The van der Waals surface area contributed by atoms with E-state index < -0.39 is 0 Å². The highest BCUT2D eigenvalue weighted by molar-refractivity contribution is 7.09. The first-order valence-electron chi connectivity index (χ1n) is 9.12. The quantitative estimate of drug-likeness (QED) is 0.709. The van der Waals surface area contributed by atoms with Crippen LogP contribution < -0.4 is 5.32 Å². The van der Waals surface area contributed by atoms with Gasteiger partial charge in [-0.2, -0.15) is 0 Å². The minimum atomic E-state index is 0.453. The number of nitrogens with one attached hydrogen (secondary N) is 1. The van der Waals surface area contributed by atoms with Gasteiger partial charge in [-0.3, -0.25) is 4.57 Å². The van der Waals surface area contributed by atoms with Crippen LogP contribution in [0.4, 0.5) is 0 Å². The molecule has 0 atom stereocenters. The molecule has 0 saturated heterocycles. The summed E-state index contributed by atoms with van der Waals surface area (Å²) in [6, 6.07) is 6.10. The molecule has 1 saturated carbocycles. The Balaban J connectivity index is 1.46. The summed E-state index contributed by atoms with van der Waals surface area (Å²) in [7, 11) is 0. The van der Waals surface area contributed by atoms with E-state index in [4.69, 9.17) is 11.6 Å². The predicted molar refractivity (Wildman–Crippen MR) is 103 cm³/mol. The van der Waals surface area contributed by atoms with E-state index in [0.29, 0.717) is 11.8 Å². The number of nitrogens with zero attached hydrogens (tertiary/aromatic N) is 4. The second kappa shape index (κ2) is 6.76. The SMILES string of the molecule is Clc1ccc2c(c1)CNCc1nnc(C3CCC(c4nccs4)CC3)n1-2. The van der Waals surface area contributed by atoms with Crippen LogP contribution in [0.15, 0.2) is 29.8 Å². The molecule has 1 fully saturated rings. The van der Waals surface area contributed by atoms with E-state index in [2.05, 4.69) is 36.5 Å². The Hall–Kier alpha value is -1.76. The monoisotopic (exact) mass is 385 g/mol. The fraction of sp³-hybridized carbons (Fsp3) is 0.421. The van der Waals surface area contributed by atoms with Crippen LogP contribution in [0, 0.1) is 0 Å². The molecule has 1 aromatic carbocycles. The lowest BCUT2D eigenvalue weighted by atomic mass is 9.82. The number of hydrogen-bond donors (Lipinski definition) is 1. The molecule has 7 heteroatoms. The lowest BCUT2D eigenvalue weighted by molar-refractivity contribution is 0.381. The minimum Gasteiger partial charge on any atom is -0.306 e. The fourth-order valence-electron chi connectivity index (χ4n) is 4.23. The van der Waals surface area contributed by atoms with E-state index >= 15 is 0 Å². The van der Waals surface area contributed by atoms with Gasteiger partial charge in [0.2, 0.25) is 0 Å². The number of benzene rings is 1. The normalized spacial score (nSPS) is 22.5. The van der Waals surface area contributed by atoms with Crippen LogP contribution in [0.1, 0.15) is 59.7 Å². The van der Waals surface area contributed by atoms with E-state index in [1.807, 2.05) is 18.3 Å². The number of rotatable bonds is 2. The Kier molecular flexibility index (Phi) is 4.27. The maximum absolute atomic E-state index is 6.21. The third-order valence-corrected chi connectivity index (χ3v) is 6.70. The summed E-state index contributed by atoms with van der Waals surface area (Å²) in [4.78, 5) is 4.51. The van der Waals surface area contributed by atoms with Crippen LogP contribution in [-0.4, -0.2) is 19.7 Å². The van der Waals surface area contributed by atoms with Crippen molar-refractivity contribution in [3.05, 3.63) is 57.0 Å². The van der Waals surface area contributed by atoms with Crippen molar-refractivity contribution in [2.75, 3.05) is 0 Å². The van der Waals surface area contributed by atoms with Crippen LogP contribution in [-0.2, 0) is 13.1 Å². The summed E-state index contributed by atoms with van der Waals surface area (Å²) in [5.41, 5.74) is 2.37. The maximum atomic E-state index is 6.21. The van der Waals surface area contributed by atoms with E-state index in [1.54, 1.807) is 11.3 Å². The summed E-state index contributed by atoms with van der Waals surface area (Å²) in [5.74, 6) is 3.15. The highest BCUT2D eigenvalue weighted by atomic mass is 35.5. The number of hydrogen-bond acceptors (Lipinski definition) is 5. The largest absolute Gasteiger partial charge is 0.306 e. The van der Waals surface area contributed by atoms with Gasteiger partial charge in [0, 0.05) is 35.0 Å². The zero-order chi connectivity index (χ0) is 17.5. The van der Waals surface area contributed by atoms with Crippen molar-refractivity contribution >= 4 is 22.9 Å². The Labute approximate surface area is 161 Å². The zero-order valence-corrected chi connectivity index (χ0v) is 15.9. The Morgan fingerprint density at radius 2 is 1.92 bits per heavy atom. The molecule has 26 heavy (non-hydrogen) atoms. The molecule has 0 bridgehead atoms. The predicted octanol–water partition coefficient (Wildman–Crippen LogP) is 4.42. The molecule has 0 spiro atoms. The summed E-state index contributed by atoms with van der Waals surface area (Å²) in [6.45, 7) is 1.53. The highest BCUT2D eigenvalue weighted by Crippen LogP contribution is 2.41. The van der Waals surface area contributed by atoms with Gasteiger partial charge in [0.25, 0.3) is 0 Å². The third kappa shape index (κ3) is 2.86. The molecule has 5 rings (SSSR count). The van der Waals surface area contributed by atoms with Crippen LogP contribution in [0.5, 0.6) is 0 Å². The van der Waals surface area contributed by atoms with Crippen molar-refractivity contribution in [3.63, 3.8) is 0 Å². The molecule has 134 valence electrons. The molecule has 3 aromatic rings. The summed E-state index contributed by atoms with van der Waals surface area (Å²) >= 11 is 7.99. The van der Waals surface area contributed by atoms with Crippen molar-refractivity contribution in [2.24, 2.45) is 0 Å². The Morgan fingerprint density at radius 1 is 1.08 bits per heavy atom. The van der Waals surface area contributed by atoms with Crippen molar-refractivity contribution in [2.45, 2.75) is 50.6 Å². The van der Waals surface area contributed by atoms with Gasteiger partial charge in [0.05, 0.1) is 17.2 Å². The fourth-order valence-corrected chi connectivity index (χ4v) is 5.23. The standard InChI is InChI=1S/C19H20ClN5S/c20-15-5-6-16-14(9-15)10-21-11-17-23-24-18(25(16)17)12-1-3-13(4-2-12)19-22-7-8-26-19/h5-9,12-13,21H,1-4,10-11H2. The Morgan fingerprint density at radius 3 is 2.73 bits per heavy atom. The topological polar surface area (TPSA) is 55.6 Å². The molecule has 5 nitrogen and oxygen atoms in total. The van der Waals surface area contributed by atoms with Gasteiger partial charge >= 0.3 is 0 Å². The average molecular weight is 386 g/mol. The van der Waals surface area contributed by atoms with Gasteiger partial charge in [-0.15, -0.1) is 21.5 Å². The number of aromatic nitrogens is 4. The number of thiazole rings is 1. The minimum absolute atomic E-state index is 0.453. The van der Waals surface area contributed by atoms with Crippen LogP contribution in [0.25, 0.3) is 5.69 Å². The molecule has 0 unspecified atom stereocenters. The van der Waals surface area contributed by atoms with Crippen LogP contribution in [0.3, 0.4) is 0 Å². The molecule has 1 aliphatic carbocycles. The summed E-state index contributed by atoms with van der Waals surface area (Å²) in [6.07, 6.45) is 6.54. The molecule has 1 aliphatic heterocycles. The van der Waals surface area contributed by atoms with Gasteiger partial charge in [0.15, 0.2) is 5.82 Å². The van der Waals surface area contributed by atoms with Crippen LogP contribution in [0.2, 0.25) is 5.02 Å². The molecule has 0 radical (unpaired) electrons. The summed E-state index contributed by atoms with van der Waals surface area (Å²) in [5, 5.41) is 16.7. The molecule has 0 amide bonds. The van der Waals surface area contributed by atoms with E-state index in [1.165, 1.54) is 23.4 Å². The summed E-state index contributed by atoms with van der Waals surface area (Å²) < 4.78 is 2.26. The first-order valence-corrected chi connectivity index (χ1v) is 10.4. The molecule has 1 N–H and O–H groups in total. The lowest BCUT2D eigenvalue weighted by Crippen LogP contribution is -2.16. The molecular formula is C19H20ClN5S. The van der Waals surface area contributed by atoms with Gasteiger partial charge in [-0.05, 0) is 49.4 Å². The van der Waals surface area contributed by atoms with E-state index in [-0.39, 0.29) is 0 Å². The number of fused-ring (bicyclic) bond motifs is 3. The van der Waals surface area contributed by atoms with Crippen molar-refractivity contribution in [1.82, 2.24) is 25.1 Å². The van der Waals surface area contributed by atoms with Gasteiger partial charge < -0.3 is 5.32 Å². The maximum Gasteiger partial charge on any atom is 0.151 e. The third-order valence-electron chi connectivity index (χ3n) is 5.53. The average Bonchev–Trinajstić information content (AvgIpc) is 3.30. The van der Waals surface area contributed by atoms with Gasteiger partial charge in [-0.25, -0.2) is 4.98 Å². The Bertz CT molecular complexity index is 912. The zero-order valence-electron chi connectivity index (χ0n) is 14.4. The van der Waals surface area contributed by atoms with E-state index in [0.717, 1.165) is 48.3 Å². The number of halogens is 1. The highest BCUT2D eigenvalue weighted by Gasteiger charge is 2.30. The van der Waals surface area contributed by atoms with Crippen molar-refractivity contribution in [3.8, 4) is 5.69 Å². The lowest BCUT2D eigenvalue weighted by Gasteiger charge is -2.27. The van der Waals surface area contributed by atoms with Gasteiger partial charge in [-0.1, -0.05) is 11.6 Å². The van der Waals surface area contributed by atoms with Crippen LogP contribution >= 0.6 is 22.9 Å². The van der Waals surface area contributed by atoms with Crippen molar-refractivity contribution < 1.29 is 0 Å². The smallest absolute Gasteiger partial charge is 0.151 e.